The van der Waals surface area contributed by atoms with Crippen molar-refractivity contribution < 1.29 is 24.0 Å². The summed E-state index contributed by atoms with van der Waals surface area (Å²) in [5.41, 5.74) is 1.37. The molecule has 0 aliphatic heterocycles. The Morgan fingerprint density at radius 3 is 2.00 bits per heavy atom. The van der Waals surface area contributed by atoms with Gasteiger partial charge in [-0.1, -0.05) is 60.7 Å². The monoisotopic (exact) mass is 434 g/mol. The number of carbonyl (C=O) groups excluding carboxylic acids is 2. The number of non-ortho nitro benzene ring substituents is 1. The highest BCUT2D eigenvalue weighted by atomic mass is 16.6. The Morgan fingerprint density at radius 2 is 1.50 bits per heavy atom. The first-order valence-electron chi connectivity index (χ1n) is 9.84. The molecule has 164 valence electrons. The van der Waals surface area contributed by atoms with Crippen LogP contribution in [0.2, 0.25) is 0 Å². The zero-order valence-electron chi connectivity index (χ0n) is 17.6. The summed E-state index contributed by atoms with van der Waals surface area (Å²) < 4.78 is 10.6. The molecule has 0 heterocycles. The molecule has 3 rings (SSSR count). The van der Waals surface area contributed by atoms with E-state index in [0.717, 1.165) is 11.1 Å². The first-order valence-corrected chi connectivity index (χ1v) is 9.84. The van der Waals surface area contributed by atoms with Crippen LogP contribution in [0.1, 0.15) is 24.0 Å². The van der Waals surface area contributed by atoms with Crippen LogP contribution in [-0.4, -0.2) is 30.0 Å². The Labute approximate surface area is 184 Å². The fourth-order valence-electron chi connectivity index (χ4n) is 3.19. The minimum atomic E-state index is -1.15. The van der Waals surface area contributed by atoms with E-state index in [4.69, 9.17) is 9.47 Å². The molecule has 1 amide bonds. The molecule has 0 fully saturated rings. The summed E-state index contributed by atoms with van der Waals surface area (Å²) in [5, 5.41) is 13.6. The van der Waals surface area contributed by atoms with Crippen molar-refractivity contribution in [2.75, 3.05) is 12.4 Å². The van der Waals surface area contributed by atoms with E-state index in [9.17, 15) is 19.7 Å². The van der Waals surface area contributed by atoms with Crippen molar-refractivity contribution in [1.82, 2.24) is 0 Å². The van der Waals surface area contributed by atoms with Gasteiger partial charge in [0.15, 0.2) is 6.10 Å². The van der Waals surface area contributed by atoms with Gasteiger partial charge >= 0.3 is 5.97 Å². The van der Waals surface area contributed by atoms with Crippen molar-refractivity contribution in [1.29, 1.82) is 0 Å². The van der Waals surface area contributed by atoms with Gasteiger partial charge in [-0.3, -0.25) is 19.7 Å². The van der Waals surface area contributed by atoms with Crippen LogP contribution >= 0.6 is 0 Å². The predicted octanol–water partition coefficient (Wildman–Crippen LogP) is 4.31. The molecule has 8 nitrogen and oxygen atoms in total. The van der Waals surface area contributed by atoms with Gasteiger partial charge in [0.1, 0.15) is 11.7 Å². The normalized spacial score (nSPS) is 11.5. The third kappa shape index (κ3) is 5.28. The Hall–Kier alpha value is -4.20. The van der Waals surface area contributed by atoms with Gasteiger partial charge < -0.3 is 14.8 Å². The molecule has 0 aliphatic carbocycles. The van der Waals surface area contributed by atoms with E-state index in [1.54, 1.807) is 0 Å². The topological polar surface area (TPSA) is 108 Å². The summed E-state index contributed by atoms with van der Waals surface area (Å²) in [4.78, 5) is 36.2. The van der Waals surface area contributed by atoms with Crippen LogP contribution in [0, 0.1) is 10.1 Å². The molecule has 8 heteroatoms. The number of anilines is 1. The van der Waals surface area contributed by atoms with E-state index in [-0.39, 0.29) is 17.1 Å². The van der Waals surface area contributed by atoms with Gasteiger partial charge in [-0.15, -0.1) is 0 Å². The van der Waals surface area contributed by atoms with Crippen LogP contribution in [0.4, 0.5) is 11.4 Å². The highest BCUT2D eigenvalue weighted by Gasteiger charge is 2.28. The molecule has 32 heavy (non-hydrogen) atoms. The molecule has 0 bridgehead atoms. The van der Waals surface area contributed by atoms with Gasteiger partial charge in [0.2, 0.25) is 0 Å². The lowest BCUT2D eigenvalue weighted by Crippen LogP contribution is -2.32. The maximum Gasteiger partial charge on any atom is 0.318 e. The lowest BCUT2D eigenvalue weighted by molar-refractivity contribution is -0.384. The van der Waals surface area contributed by atoms with Crippen molar-refractivity contribution in [3.8, 4) is 5.75 Å². The number of nitro groups is 1. The second kappa shape index (κ2) is 10.2. The van der Waals surface area contributed by atoms with Crippen molar-refractivity contribution in [2.24, 2.45) is 0 Å². The zero-order valence-corrected chi connectivity index (χ0v) is 17.6. The molecule has 0 saturated heterocycles. The Bertz CT molecular complexity index is 1060. The van der Waals surface area contributed by atoms with E-state index < -0.39 is 28.8 Å². The number of carbonyl (C=O) groups is 2. The van der Waals surface area contributed by atoms with Crippen LogP contribution in [0.3, 0.4) is 0 Å². The first-order chi connectivity index (χ1) is 15.4. The van der Waals surface area contributed by atoms with Crippen molar-refractivity contribution in [2.45, 2.75) is 18.9 Å². The van der Waals surface area contributed by atoms with Crippen molar-refractivity contribution in [3.05, 3.63) is 100 Å². The Morgan fingerprint density at radius 1 is 0.938 bits per heavy atom. The zero-order chi connectivity index (χ0) is 23.1. The third-order valence-corrected chi connectivity index (χ3v) is 4.82. The van der Waals surface area contributed by atoms with Gasteiger partial charge in [-0.25, -0.2) is 0 Å². The third-order valence-electron chi connectivity index (χ3n) is 4.82. The molecule has 0 radical (unpaired) electrons. The summed E-state index contributed by atoms with van der Waals surface area (Å²) >= 11 is 0. The quantitative estimate of drug-likeness (QED) is 0.322. The number of nitrogens with one attached hydrogen (secondary N) is 1. The highest BCUT2D eigenvalue weighted by Crippen LogP contribution is 2.30. The molecule has 3 aromatic rings. The number of methoxy groups -OCH3 is 1. The number of amides is 1. The second-order valence-electron chi connectivity index (χ2n) is 6.96. The van der Waals surface area contributed by atoms with E-state index in [1.807, 2.05) is 60.7 Å². The van der Waals surface area contributed by atoms with Gasteiger partial charge in [-0.2, -0.15) is 0 Å². The minimum absolute atomic E-state index is 0.109. The largest absolute Gasteiger partial charge is 0.495 e. The maximum atomic E-state index is 13.1. The average Bonchev–Trinajstić information content (AvgIpc) is 2.80. The fourth-order valence-corrected chi connectivity index (χ4v) is 3.19. The number of rotatable bonds is 8. The van der Waals surface area contributed by atoms with E-state index in [1.165, 1.54) is 32.2 Å². The first kappa shape index (κ1) is 22.5. The summed E-state index contributed by atoms with van der Waals surface area (Å²) in [7, 11) is 1.38. The van der Waals surface area contributed by atoms with E-state index in [0.29, 0.717) is 0 Å². The lowest BCUT2D eigenvalue weighted by Gasteiger charge is -2.20. The van der Waals surface area contributed by atoms with Gasteiger partial charge in [-0.05, 0) is 24.1 Å². The SMILES string of the molecule is COc1ccc([N+](=O)[O-])cc1NC(=O)[C@H](C)OC(=O)C(c1ccccc1)c1ccccc1. The number of nitrogens with zero attached hydrogens (tertiary/aromatic N) is 1. The molecule has 0 aliphatic rings. The standard InChI is InChI=1S/C24H22N2O6/c1-16(23(27)25-20-15-19(26(29)30)13-14-21(20)31-2)32-24(28)22(17-9-5-3-6-10-17)18-11-7-4-8-12-18/h3-16,22H,1-2H3,(H,25,27)/t16-/m0/s1. The summed E-state index contributed by atoms with van der Waals surface area (Å²) in [6.07, 6.45) is -1.15. The van der Waals surface area contributed by atoms with Crippen molar-refractivity contribution >= 4 is 23.3 Å². The molecule has 0 aromatic heterocycles. The fraction of sp³-hybridized carbons (Fsp3) is 0.167. The predicted molar refractivity (Wildman–Crippen MR) is 119 cm³/mol. The van der Waals surface area contributed by atoms with Gasteiger partial charge in [0.05, 0.1) is 17.7 Å². The summed E-state index contributed by atoms with van der Waals surface area (Å²) in [6, 6.07) is 22.1. The van der Waals surface area contributed by atoms with Crippen LogP contribution in [0.5, 0.6) is 5.75 Å². The van der Waals surface area contributed by atoms with Crippen molar-refractivity contribution in [3.63, 3.8) is 0 Å². The Kier molecular flexibility index (Phi) is 7.17. The molecule has 1 N–H and O–H groups in total. The molecular weight excluding hydrogens is 412 g/mol. The van der Waals surface area contributed by atoms with Gasteiger partial charge in [0.25, 0.3) is 11.6 Å². The van der Waals surface area contributed by atoms with Crippen LogP contribution < -0.4 is 10.1 Å². The number of nitro benzene ring substituents is 1. The summed E-state index contributed by atoms with van der Waals surface area (Å²) in [5.74, 6) is -1.69. The number of benzene rings is 3. The molecule has 1 atom stereocenters. The average molecular weight is 434 g/mol. The number of ether oxygens (including phenoxy) is 2. The van der Waals surface area contributed by atoms with E-state index in [2.05, 4.69) is 5.32 Å². The number of hydrogen-bond acceptors (Lipinski definition) is 6. The summed E-state index contributed by atoms with van der Waals surface area (Å²) in [6.45, 7) is 1.43. The molecular formula is C24H22N2O6. The Balaban J connectivity index is 1.78. The van der Waals surface area contributed by atoms with Crippen LogP contribution in [0.25, 0.3) is 0 Å². The van der Waals surface area contributed by atoms with Gasteiger partial charge in [0, 0.05) is 12.1 Å². The van der Waals surface area contributed by atoms with Crippen LogP contribution in [0.15, 0.2) is 78.9 Å². The van der Waals surface area contributed by atoms with Crippen LogP contribution in [-0.2, 0) is 14.3 Å². The highest BCUT2D eigenvalue weighted by molar-refractivity contribution is 5.97. The molecule has 0 saturated carbocycles. The maximum absolute atomic E-state index is 13.1. The van der Waals surface area contributed by atoms with E-state index >= 15 is 0 Å². The molecule has 3 aromatic carbocycles. The number of esters is 1. The minimum Gasteiger partial charge on any atom is -0.495 e. The lowest BCUT2D eigenvalue weighted by atomic mass is 9.91. The number of hydrogen-bond donors (Lipinski definition) is 1. The smallest absolute Gasteiger partial charge is 0.318 e. The molecule has 0 spiro atoms. The second-order valence-corrected chi connectivity index (χ2v) is 6.96. The molecule has 0 unspecified atom stereocenters.